The summed E-state index contributed by atoms with van der Waals surface area (Å²) < 4.78 is 1.85. The standard InChI is InChI=1S/C14H15N5S/c1-9(2)11-8-12-14(17-6-7-19(12)18-11)20-13-10(15)4-3-5-16-13/h3-9H,15H2,1-2H3. The molecule has 2 N–H and O–H groups in total. The highest BCUT2D eigenvalue weighted by Crippen LogP contribution is 2.31. The molecule has 0 saturated carbocycles. The molecule has 3 heterocycles. The molecule has 0 aromatic carbocycles. The molecule has 0 atom stereocenters. The summed E-state index contributed by atoms with van der Waals surface area (Å²) in [5.41, 5.74) is 8.62. The molecule has 3 rings (SSSR count). The molecule has 102 valence electrons. The van der Waals surface area contributed by atoms with Crippen molar-refractivity contribution in [1.82, 2.24) is 19.6 Å². The Hall–Kier alpha value is -2.08. The van der Waals surface area contributed by atoms with Crippen molar-refractivity contribution >= 4 is 23.0 Å². The SMILES string of the molecule is CC(C)c1cc2c(Sc3ncccc3N)nccn2n1. The van der Waals surface area contributed by atoms with E-state index in [1.54, 1.807) is 12.4 Å². The minimum Gasteiger partial charge on any atom is -0.397 e. The predicted octanol–water partition coefficient (Wildman–Crippen LogP) is 2.98. The Balaban J connectivity index is 2.05. The predicted molar refractivity (Wildman–Crippen MR) is 79.8 cm³/mol. The lowest BCUT2D eigenvalue weighted by atomic mass is 10.1. The van der Waals surface area contributed by atoms with Crippen LogP contribution in [0.2, 0.25) is 0 Å². The molecule has 0 fully saturated rings. The van der Waals surface area contributed by atoms with Gasteiger partial charge in [-0.25, -0.2) is 14.5 Å². The molecular weight excluding hydrogens is 270 g/mol. The quantitative estimate of drug-likeness (QED) is 0.801. The van der Waals surface area contributed by atoms with Crippen LogP contribution in [0, 0.1) is 0 Å². The first kappa shape index (κ1) is 12.9. The summed E-state index contributed by atoms with van der Waals surface area (Å²) in [7, 11) is 0. The van der Waals surface area contributed by atoms with E-state index in [4.69, 9.17) is 5.73 Å². The Kier molecular flexibility index (Phi) is 3.31. The zero-order valence-electron chi connectivity index (χ0n) is 11.3. The van der Waals surface area contributed by atoms with Gasteiger partial charge in [-0.15, -0.1) is 0 Å². The number of aromatic nitrogens is 4. The summed E-state index contributed by atoms with van der Waals surface area (Å²) in [6.07, 6.45) is 5.33. The highest BCUT2D eigenvalue weighted by molar-refractivity contribution is 7.99. The molecule has 20 heavy (non-hydrogen) atoms. The topological polar surface area (TPSA) is 69.1 Å². The minimum atomic E-state index is 0.382. The molecule has 0 aliphatic heterocycles. The number of fused-ring (bicyclic) bond motifs is 1. The second-order valence-electron chi connectivity index (χ2n) is 4.79. The van der Waals surface area contributed by atoms with Crippen LogP contribution in [0.1, 0.15) is 25.5 Å². The van der Waals surface area contributed by atoms with Gasteiger partial charge in [-0.2, -0.15) is 5.10 Å². The molecule has 0 amide bonds. The maximum Gasteiger partial charge on any atom is 0.128 e. The highest BCUT2D eigenvalue weighted by atomic mass is 32.2. The van der Waals surface area contributed by atoms with E-state index in [-0.39, 0.29) is 0 Å². The third-order valence-corrected chi connectivity index (χ3v) is 4.00. The van der Waals surface area contributed by atoms with Crippen molar-refractivity contribution in [1.29, 1.82) is 0 Å². The van der Waals surface area contributed by atoms with Crippen molar-refractivity contribution in [2.75, 3.05) is 5.73 Å². The van der Waals surface area contributed by atoms with Gasteiger partial charge in [0, 0.05) is 18.6 Å². The number of rotatable bonds is 3. The van der Waals surface area contributed by atoms with E-state index < -0.39 is 0 Å². The fourth-order valence-corrected chi connectivity index (χ4v) is 2.71. The Morgan fingerprint density at radius 2 is 2.00 bits per heavy atom. The summed E-state index contributed by atoms with van der Waals surface area (Å²) in [5.74, 6) is 0.382. The maximum absolute atomic E-state index is 5.93. The van der Waals surface area contributed by atoms with E-state index in [2.05, 4.69) is 35.0 Å². The van der Waals surface area contributed by atoms with Gasteiger partial charge in [-0.1, -0.05) is 13.8 Å². The third-order valence-electron chi connectivity index (χ3n) is 2.96. The van der Waals surface area contributed by atoms with E-state index in [1.165, 1.54) is 11.8 Å². The first-order chi connectivity index (χ1) is 9.65. The number of anilines is 1. The number of nitrogens with zero attached hydrogens (tertiary/aromatic N) is 4. The van der Waals surface area contributed by atoms with Gasteiger partial charge in [-0.3, -0.25) is 0 Å². The van der Waals surface area contributed by atoms with Crippen molar-refractivity contribution in [3.8, 4) is 0 Å². The van der Waals surface area contributed by atoms with Crippen molar-refractivity contribution in [3.63, 3.8) is 0 Å². The molecule has 0 aliphatic rings. The van der Waals surface area contributed by atoms with Gasteiger partial charge >= 0.3 is 0 Å². The van der Waals surface area contributed by atoms with Crippen molar-refractivity contribution in [3.05, 3.63) is 42.5 Å². The van der Waals surface area contributed by atoms with E-state index in [0.717, 1.165) is 21.3 Å². The maximum atomic E-state index is 5.93. The highest BCUT2D eigenvalue weighted by Gasteiger charge is 2.12. The van der Waals surface area contributed by atoms with Crippen LogP contribution in [0.4, 0.5) is 5.69 Å². The molecule has 6 heteroatoms. The fourth-order valence-electron chi connectivity index (χ4n) is 1.86. The van der Waals surface area contributed by atoms with Gasteiger partial charge in [0.15, 0.2) is 0 Å². The first-order valence-electron chi connectivity index (χ1n) is 6.38. The molecule has 0 saturated heterocycles. The molecule has 0 aliphatic carbocycles. The largest absolute Gasteiger partial charge is 0.397 e. The van der Waals surface area contributed by atoms with E-state index >= 15 is 0 Å². The third kappa shape index (κ3) is 2.34. The Bertz CT molecular complexity index is 750. The molecule has 5 nitrogen and oxygen atoms in total. The number of hydrogen-bond donors (Lipinski definition) is 1. The monoisotopic (exact) mass is 285 g/mol. The van der Waals surface area contributed by atoms with Crippen LogP contribution < -0.4 is 5.73 Å². The van der Waals surface area contributed by atoms with E-state index in [0.29, 0.717) is 11.6 Å². The lowest BCUT2D eigenvalue weighted by Gasteiger charge is -2.04. The van der Waals surface area contributed by atoms with Crippen molar-refractivity contribution in [2.45, 2.75) is 29.8 Å². The summed E-state index contributed by atoms with van der Waals surface area (Å²) in [6, 6.07) is 5.73. The Morgan fingerprint density at radius 3 is 2.75 bits per heavy atom. The number of nitrogens with two attached hydrogens (primary N) is 1. The lowest BCUT2D eigenvalue weighted by molar-refractivity contribution is 0.784. The van der Waals surface area contributed by atoms with Crippen LogP contribution in [0.15, 0.2) is 46.8 Å². The summed E-state index contributed by atoms with van der Waals surface area (Å²) in [4.78, 5) is 8.71. The average molecular weight is 285 g/mol. The van der Waals surface area contributed by atoms with Crippen LogP contribution in [0.5, 0.6) is 0 Å². The van der Waals surface area contributed by atoms with E-state index in [9.17, 15) is 0 Å². The fraction of sp³-hybridized carbons (Fsp3) is 0.214. The number of nitrogen functional groups attached to an aromatic ring is 1. The molecular formula is C14H15N5S. The molecule has 3 aromatic heterocycles. The smallest absolute Gasteiger partial charge is 0.128 e. The van der Waals surface area contributed by atoms with Gasteiger partial charge in [0.25, 0.3) is 0 Å². The Morgan fingerprint density at radius 1 is 1.20 bits per heavy atom. The number of hydrogen-bond acceptors (Lipinski definition) is 5. The van der Waals surface area contributed by atoms with Gasteiger partial charge in [0.2, 0.25) is 0 Å². The van der Waals surface area contributed by atoms with Crippen LogP contribution in [0.25, 0.3) is 5.52 Å². The first-order valence-corrected chi connectivity index (χ1v) is 7.19. The van der Waals surface area contributed by atoms with E-state index in [1.807, 2.05) is 22.8 Å². The van der Waals surface area contributed by atoms with Crippen LogP contribution in [-0.4, -0.2) is 19.6 Å². The van der Waals surface area contributed by atoms with Crippen LogP contribution in [-0.2, 0) is 0 Å². The number of pyridine rings is 1. The van der Waals surface area contributed by atoms with Crippen LogP contribution in [0.3, 0.4) is 0 Å². The molecule has 0 radical (unpaired) electrons. The average Bonchev–Trinajstić information content (AvgIpc) is 2.86. The lowest BCUT2D eigenvalue weighted by Crippen LogP contribution is -1.94. The van der Waals surface area contributed by atoms with Gasteiger partial charge in [0.05, 0.1) is 16.9 Å². The van der Waals surface area contributed by atoms with Gasteiger partial charge in [0.1, 0.15) is 10.1 Å². The molecule has 0 unspecified atom stereocenters. The summed E-state index contributed by atoms with van der Waals surface area (Å²) >= 11 is 1.46. The molecule has 0 spiro atoms. The van der Waals surface area contributed by atoms with Gasteiger partial charge < -0.3 is 5.73 Å². The van der Waals surface area contributed by atoms with Crippen LogP contribution >= 0.6 is 11.8 Å². The Labute approximate surface area is 121 Å². The summed E-state index contributed by atoms with van der Waals surface area (Å²) in [5, 5.41) is 6.17. The van der Waals surface area contributed by atoms with Crippen molar-refractivity contribution in [2.24, 2.45) is 0 Å². The normalized spacial score (nSPS) is 11.3. The second kappa shape index (κ2) is 5.13. The van der Waals surface area contributed by atoms with Gasteiger partial charge in [-0.05, 0) is 35.9 Å². The zero-order chi connectivity index (χ0) is 14.1. The second-order valence-corrected chi connectivity index (χ2v) is 5.76. The zero-order valence-corrected chi connectivity index (χ0v) is 12.1. The molecule has 3 aromatic rings. The summed E-state index contributed by atoms with van der Waals surface area (Å²) in [6.45, 7) is 4.25. The minimum absolute atomic E-state index is 0.382. The van der Waals surface area contributed by atoms with Crippen molar-refractivity contribution < 1.29 is 0 Å². The molecule has 0 bridgehead atoms.